The number of rotatable bonds is 11. The first-order valence-corrected chi connectivity index (χ1v) is 13.8. The number of esters is 1. The van der Waals surface area contributed by atoms with E-state index < -0.39 is 41.7 Å². The van der Waals surface area contributed by atoms with Gasteiger partial charge >= 0.3 is 24.1 Å². The molecule has 2 rings (SSSR count). The number of carbonyl (C=O) groups is 4. The van der Waals surface area contributed by atoms with E-state index in [0.717, 1.165) is 10.6 Å². The molecule has 0 spiro atoms. The monoisotopic (exact) mass is 569 g/mol. The number of hydrogen-bond donors (Lipinski definition) is 2. The molecule has 2 aromatic carbocycles. The second-order valence-corrected chi connectivity index (χ2v) is 11.5. The first kappa shape index (κ1) is 33.1. The molecule has 0 fully saturated rings. The third-order valence-corrected chi connectivity index (χ3v) is 5.70. The van der Waals surface area contributed by atoms with Crippen molar-refractivity contribution in [2.45, 2.75) is 85.7 Å². The molecule has 10 heteroatoms. The molecule has 0 aliphatic carbocycles. The van der Waals surface area contributed by atoms with Crippen molar-refractivity contribution in [3.63, 3.8) is 0 Å². The summed E-state index contributed by atoms with van der Waals surface area (Å²) in [5.74, 6) is -1.75. The van der Waals surface area contributed by atoms with Crippen molar-refractivity contribution in [2.24, 2.45) is 11.8 Å². The molecule has 10 nitrogen and oxygen atoms in total. The van der Waals surface area contributed by atoms with Gasteiger partial charge in [-0.05, 0) is 50.2 Å². The molecule has 2 N–H and O–H groups in total. The van der Waals surface area contributed by atoms with E-state index in [9.17, 15) is 19.2 Å². The highest BCUT2D eigenvalue weighted by Gasteiger charge is 2.33. The number of nitrogens with one attached hydrogen (secondary N) is 2. The molecule has 2 atom stereocenters. The van der Waals surface area contributed by atoms with Gasteiger partial charge in [-0.2, -0.15) is 0 Å². The molecule has 0 aromatic heterocycles. The summed E-state index contributed by atoms with van der Waals surface area (Å²) in [6.07, 6.45) is -0.549. The number of amides is 3. The highest BCUT2D eigenvalue weighted by Crippen LogP contribution is 2.15. The van der Waals surface area contributed by atoms with Crippen molar-refractivity contribution < 1.29 is 33.5 Å². The zero-order chi connectivity index (χ0) is 30.6. The molecule has 0 saturated heterocycles. The van der Waals surface area contributed by atoms with Crippen molar-refractivity contribution in [3.05, 3.63) is 71.8 Å². The van der Waals surface area contributed by atoms with Crippen molar-refractivity contribution in [2.75, 3.05) is 0 Å². The molecule has 0 unspecified atom stereocenters. The number of alkyl carbamates (subject to hydrolysis) is 1. The van der Waals surface area contributed by atoms with E-state index >= 15 is 0 Å². The Morgan fingerprint density at radius 1 is 0.805 bits per heavy atom. The van der Waals surface area contributed by atoms with E-state index in [0.29, 0.717) is 5.56 Å². The summed E-state index contributed by atoms with van der Waals surface area (Å²) in [5.41, 5.74) is 0.723. The lowest BCUT2D eigenvalue weighted by Crippen LogP contribution is -2.53. The van der Waals surface area contributed by atoms with Gasteiger partial charge in [0.2, 0.25) is 0 Å². The third kappa shape index (κ3) is 12.3. The molecule has 0 aliphatic rings. The van der Waals surface area contributed by atoms with Crippen LogP contribution in [0.4, 0.5) is 9.59 Å². The van der Waals surface area contributed by atoms with Crippen LogP contribution in [-0.2, 0) is 37.1 Å². The zero-order valence-electron chi connectivity index (χ0n) is 25.0. The average molecular weight is 570 g/mol. The fourth-order valence-electron chi connectivity index (χ4n) is 3.73. The van der Waals surface area contributed by atoms with Gasteiger partial charge in [0.25, 0.3) is 0 Å². The predicted molar refractivity (Wildman–Crippen MR) is 154 cm³/mol. The topological polar surface area (TPSA) is 123 Å². The smallest absolute Gasteiger partial charge is 0.408 e. The van der Waals surface area contributed by atoms with E-state index in [1.165, 1.54) is 0 Å². The quantitative estimate of drug-likeness (QED) is 0.276. The Morgan fingerprint density at radius 3 is 1.88 bits per heavy atom. The molecule has 3 amide bonds. The molecule has 0 radical (unpaired) electrons. The first-order chi connectivity index (χ1) is 19.2. The van der Waals surface area contributed by atoms with Crippen molar-refractivity contribution >= 4 is 24.1 Å². The van der Waals surface area contributed by atoms with Gasteiger partial charge in [-0.15, -0.1) is 5.06 Å². The number of urea groups is 1. The fourth-order valence-corrected chi connectivity index (χ4v) is 3.73. The van der Waals surface area contributed by atoms with E-state index in [1.54, 1.807) is 58.9 Å². The van der Waals surface area contributed by atoms with E-state index in [2.05, 4.69) is 10.6 Å². The zero-order valence-corrected chi connectivity index (χ0v) is 25.0. The average Bonchev–Trinajstić information content (AvgIpc) is 2.89. The Labute approximate surface area is 242 Å². The SMILES string of the molecule is CC(C)C[C@H](NC(=O)OCc1ccccc1)C(=O)ON(Cc1ccccc1)C(=O)N[C@H](C(=O)OC(C)(C)C)C(C)C. The van der Waals surface area contributed by atoms with Gasteiger partial charge < -0.3 is 24.9 Å². The minimum Gasteiger partial charge on any atom is -0.458 e. The van der Waals surface area contributed by atoms with Gasteiger partial charge in [0.15, 0.2) is 0 Å². The lowest BCUT2D eigenvalue weighted by Gasteiger charge is -2.29. The van der Waals surface area contributed by atoms with Crippen molar-refractivity contribution in [1.82, 2.24) is 15.7 Å². The summed E-state index contributed by atoms with van der Waals surface area (Å²) >= 11 is 0. The number of ether oxygens (including phenoxy) is 2. The molecule has 0 saturated carbocycles. The second-order valence-electron chi connectivity index (χ2n) is 11.5. The minimum atomic E-state index is -1.09. The van der Waals surface area contributed by atoms with Crippen LogP contribution in [0.15, 0.2) is 60.7 Å². The Balaban J connectivity index is 2.20. The standard InChI is InChI=1S/C31H43N3O7/c1-21(2)18-25(32-30(38)39-20-24-16-12-9-13-17-24)27(35)41-34(19-23-14-10-8-11-15-23)29(37)33-26(22(3)4)28(36)40-31(5,6)7/h8-17,21-22,25-26H,18-20H2,1-7H3,(H,32,38)(H,33,37)/t25-,26-/m0/s1. The lowest BCUT2D eigenvalue weighted by atomic mass is 10.0. The van der Waals surface area contributed by atoms with E-state index in [-0.39, 0.29) is 31.4 Å². The summed E-state index contributed by atoms with van der Waals surface area (Å²) in [6.45, 7) is 12.5. The number of benzene rings is 2. The number of nitrogens with zero attached hydrogens (tertiary/aromatic N) is 1. The van der Waals surface area contributed by atoms with Crippen LogP contribution in [0.1, 0.15) is 66.0 Å². The molecule has 2 aromatic rings. The van der Waals surface area contributed by atoms with Gasteiger partial charge in [-0.1, -0.05) is 88.4 Å². The number of carbonyl (C=O) groups excluding carboxylic acids is 4. The van der Waals surface area contributed by atoms with Crippen LogP contribution in [-0.4, -0.2) is 46.8 Å². The number of hydrogen-bond acceptors (Lipinski definition) is 7. The summed E-state index contributed by atoms with van der Waals surface area (Å²) in [5, 5.41) is 6.06. The third-order valence-electron chi connectivity index (χ3n) is 5.70. The van der Waals surface area contributed by atoms with E-state index in [1.807, 2.05) is 50.2 Å². The Morgan fingerprint density at radius 2 is 1.37 bits per heavy atom. The summed E-state index contributed by atoms with van der Waals surface area (Å²) in [6, 6.07) is 15.2. The molecule has 224 valence electrons. The molecule has 41 heavy (non-hydrogen) atoms. The Hall–Kier alpha value is -4.08. The molecule has 0 heterocycles. The summed E-state index contributed by atoms with van der Waals surface area (Å²) in [4.78, 5) is 57.7. The van der Waals surface area contributed by atoms with Gasteiger partial charge in [0.05, 0.1) is 6.54 Å². The van der Waals surface area contributed by atoms with Crippen LogP contribution in [0.2, 0.25) is 0 Å². The maximum absolute atomic E-state index is 13.4. The minimum absolute atomic E-state index is 0.0101. The van der Waals surface area contributed by atoms with Gasteiger partial charge in [0.1, 0.15) is 24.3 Å². The van der Waals surface area contributed by atoms with E-state index in [4.69, 9.17) is 14.3 Å². The van der Waals surface area contributed by atoms with Crippen LogP contribution < -0.4 is 10.6 Å². The lowest BCUT2D eigenvalue weighted by molar-refractivity contribution is -0.182. The Bertz CT molecular complexity index is 1130. The molecular weight excluding hydrogens is 526 g/mol. The number of hydroxylamine groups is 2. The predicted octanol–water partition coefficient (Wildman–Crippen LogP) is 5.36. The molecule has 0 aliphatic heterocycles. The highest BCUT2D eigenvalue weighted by molar-refractivity contribution is 5.86. The maximum atomic E-state index is 13.4. The van der Waals surface area contributed by atoms with Gasteiger partial charge in [-0.25, -0.2) is 19.2 Å². The van der Waals surface area contributed by atoms with Gasteiger partial charge in [-0.3, -0.25) is 0 Å². The second kappa shape index (κ2) is 15.6. The van der Waals surface area contributed by atoms with Crippen LogP contribution in [0.3, 0.4) is 0 Å². The largest absolute Gasteiger partial charge is 0.458 e. The summed E-state index contributed by atoms with van der Waals surface area (Å²) < 4.78 is 10.8. The van der Waals surface area contributed by atoms with Gasteiger partial charge in [0, 0.05) is 0 Å². The van der Waals surface area contributed by atoms with Crippen LogP contribution in [0.25, 0.3) is 0 Å². The normalized spacial score (nSPS) is 12.7. The van der Waals surface area contributed by atoms with Crippen molar-refractivity contribution in [3.8, 4) is 0 Å². The van der Waals surface area contributed by atoms with Crippen LogP contribution in [0.5, 0.6) is 0 Å². The first-order valence-electron chi connectivity index (χ1n) is 13.8. The fraction of sp³-hybridized carbons (Fsp3) is 0.484. The molecular formula is C31H43N3O7. The van der Waals surface area contributed by atoms with Crippen LogP contribution in [0, 0.1) is 11.8 Å². The Kier molecular flexibility index (Phi) is 12.6. The highest BCUT2D eigenvalue weighted by atomic mass is 16.7. The van der Waals surface area contributed by atoms with Crippen molar-refractivity contribution in [1.29, 1.82) is 0 Å². The maximum Gasteiger partial charge on any atom is 0.408 e. The summed E-state index contributed by atoms with van der Waals surface area (Å²) in [7, 11) is 0. The van der Waals surface area contributed by atoms with Crippen LogP contribution >= 0.6 is 0 Å². The molecule has 0 bridgehead atoms.